The number of carbonyl (C=O) groups is 2. The van der Waals surface area contributed by atoms with E-state index in [4.69, 9.17) is 9.47 Å². The van der Waals surface area contributed by atoms with Crippen molar-refractivity contribution in [3.8, 4) is 0 Å². The molecule has 6 nitrogen and oxygen atoms in total. The number of hydrogen-bond acceptors (Lipinski definition) is 6. The molecule has 0 atom stereocenters. The molecule has 2 aromatic rings. The van der Waals surface area contributed by atoms with E-state index in [2.05, 4.69) is 9.97 Å². The second-order valence-electron chi connectivity index (χ2n) is 5.80. The van der Waals surface area contributed by atoms with Crippen LogP contribution in [0.2, 0.25) is 0 Å². The summed E-state index contributed by atoms with van der Waals surface area (Å²) in [7, 11) is 2.65. The Kier molecular flexibility index (Phi) is 2.87. The van der Waals surface area contributed by atoms with Crippen LogP contribution < -0.4 is 0 Å². The van der Waals surface area contributed by atoms with Crippen LogP contribution in [0.5, 0.6) is 0 Å². The molecular weight excluding hydrogens is 308 g/mol. The minimum absolute atomic E-state index is 0.406. The molecule has 0 amide bonds. The van der Waals surface area contributed by atoms with E-state index in [0.717, 1.165) is 0 Å². The van der Waals surface area contributed by atoms with Gasteiger partial charge in [-0.15, -0.1) is 0 Å². The molecule has 0 unspecified atom stereocenters. The summed E-state index contributed by atoms with van der Waals surface area (Å²) >= 11 is 0. The molecule has 0 radical (unpaired) electrons. The molecule has 0 saturated heterocycles. The summed E-state index contributed by atoms with van der Waals surface area (Å²) in [5, 5.41) is 0. The van der Waals surface area contributed by atoms with E-state index in [1.165, 1.54) is 14.2 Å². The smallest absolute Gasteiger partial charge is 0.325 e. The zero-order chi connectivity index (χ0) is 16.9. The number of ether oxygens (including phenoxy) is 2. The van der Waals surface area contributed by atoms with Crippen LogP contribution in [0.3, 0.4) is 0 Å². The number of para-hydroxylation sites is 2. The van der Waals surface area contributed by atoms with Crippen molar-refractivity contribution >= 4 is 23.0 Å². The van der Waals surface area contributed by atoms with E-state index in [1.807, 2.05) is 24.3 Å². The summed E-state index contributed by atoms with van der Waals surface area (Å²) in [6, 6.07) is 7.32. The van der Waals surface area contributed by atoms with E-state index in [0.29, 0.717) is 22.4 Å². The second-order valence-corrected chi connectivity index (χ2v) is 5.80. The maximum absolute atomic E-state index is 12.5. The van der Waals surface area contributed by atoms with Gasteiger partial charge >= 0.3 is 11.9 Å². The Hall–Kier alpha value is -3.02. The molecule has 1 heterocycles. The number of fused-ring (bicyclic) bond motifs is 1. The minimum Gasteiger partial charge on any atom is -0.468 e. The Bertz CT molecular complexity index is 857. The number of aromatic nitrogens is 2. The van der Waals surface area contributed by atoms with Crippen LogP contribution in [0.1, 0.15) is 11.4 Å². The van der Waals surface area contributed by atoms with Crippen molar-refractivity contribution in [3.05, 3.63) is 60.0 Å². The normalized spacial score (nSPS) is 26.2. The van der Waals surface area contributed by atoms with Crippen molar-refractivity contribution in [1.82, 2.24) is 9.97 Å². The maximum atomic E-state index is 12.5. The Morgan fingerprint density at radius 2 is 1.17 bits per heavy atom. The Morgan fingerprint density at radius 3 is 1.50 bits per heavy atom. The number of nitrogens with zero attached hydrogens (tertiary/aromatic N) is 2. The van der Waals surface area contributed by atoms with E-state index in [9.17, 15) is 9.59 Å². The van der Waals surface area contributed by atoms with Gasteiger partial charge in [0.1, 0.15) is 10.8 Å². The van der Waals surface area contributed by atoms with Gasteiger partial charge in [-0.3, -0.25) is 9.59 Å². The lowest BCUT2D eigenvalue weighted by Crippen LogP contribution is -2.49. The average molecular weight is 322 g/mol. The molecule has 120 valence electrons. The van der Waals surface area contributed by atoms with Crippen LogP contribution in [-0.4, -0.2) is 36.1 Å². The third-order valence-corrected chi connectivity index (χ3v) is 4.62. The van der Waals surface area contributed by atoms with Crippen LogP contribution in [-0.2, 0) is 29.9 Å². The lowest BCUT2D eigenvalue weighted by atomic mass is 9.63. The predicted octanol–water partition coefficient (Wildman–Crippen LogP) is 1.59. The van der Waals surface area contributed by atoms with Crippen molar-refractivity contribution in [1.29, 1.82) is 0 Å². The first kappa shape index (κ1) is 14.6. The van der Waals surface area contributed by atoms with Crippen LogP contribution in [0.4, 0.5) is 0 Å². The van der Waals surface area contributed by atoms with E-state index in [-0.39, 0.29) is 0 Å². The van der Waals surface area contributed by atoms with Crippen molar-refractivity contribution in [2.24, 2.45) is 0 Å². The monoisotopic (exact) mass is 322 g/mol. The molecule has 0 fully saturated rings. The number of methoxy groups -OCH3 is 2. The molecule has 1 aromatic heterocycles. The Morgan fingerprint density at radius 1 is 0.792 bits per heavy atom. The number of hydrogen-bond donors (Lipinski definition) is 0. The fourth-order valence-corrected chi connectivity index (χ4v) is 3.33. The molecular formula is C18H14N2O4. The summed E-state index contributed by atoms with van der Waals surface area (Å²) < 4.78 is 9.94. The molecule has 0 spiro atoms. The highest BCUT2D eigenvalue weighted by Gasteiger charge is 2.56. The highest BCUT2D eigenvalue weighted by Crippen LogP contribution is 2.48. The molecule has 3 aliphatic carbocycles. The minimum atomic E-state index is -1.17. The molecule has 2 bridgehead atoms. The van der Waals surface area contributed by atoms with Crippen molar-refractivity contribution in [3.63, 3.8) is 0 Å². The zero-order valence-electron chi connectivity index (χ0n) is 13.1. The van der Waals surface area contributed by atoms with Gasteiger partial charge in [-0.2, -0.15) is 0 Å². The fourth-order valence-electron chi connectivity index (χ4n) is 3.33. The lowest BCUT2D eigenvalue weighted by molar-refractivity contribution is -0.147. The van der Waals surface area contributed by atoms with Gasteiger partial charge in [-0.1, -0.05) is 36.4 Å². The quantitative estimate of drug-likeness (QED) is 0.617. The summed E-state index contributed by atoms with van der Waals surface area (Å²) in [4.78, 5) is 34.2. The van der Waals surface area contributed by atoms with Crippen LogP contribution in [0.15, 0.2) is 48.6 Å². The van der Waals surface area contributed by atoms with E-state index >= 15 is 0 Å². The number of esters is 2. The average Bonchev–Trinajstić information content (AvgIpc) is 2.66. The summed E-state index contributed by atoms with van der Waals surface area (Å²) in [6.07, 6.45) is 6.56. The molecule has 3 aliphatic rings. The second kappa shape index (κ2) is 4.74. The van der Waals surface area contributed by atoms with E-state index < -0.39 is 22.8 Å². The third-order valence-electron chi connectivity index (χ3n) is 4.62. The topological polar surface area (TPSA) is 78.4 Å². The molecule has 6 heteroatoms. The van der Waals surface area contributed by atoms with Gasteiger partial charge in [0, 0.05) is 0 Å². The van der Waals surface area contributed by atoms with Crippen molar-refractivity contribution < 1.29 is 19.1 Å². The molecule has 24 heavy (non-hydrogen) atoms. The largest absolute Gasteiger partial charge is 0.468 e. The fraction of sp³-hybridized carbons (Fsp3) is 0.222. The van der Waals surface area contributed by atoms with Gasteiger partial charge in [-0.05, 0) is 12.1 Å². The van der Waals surface area contributed by atoms with Gasteiger partial charge < -0.3 is 9.47 Å². The standard InChI is InChI=1S/C18H14N2O4/c1-23-15(21)17-7-9-18(10-8-17,16(22)24-2)14-13(17)19-11-5-3-4-6-12(11)20-14/h3-10H,1-2H3. The third kappa shape index (κ3) is 1.60. The predicted molar refractivity (Wildman–Crippen MR) is 85.2 cm³/mol. The molecule has 0 N–H and O–H groups in total. The van der Waals surface area contributed by atoms with Crippen LogP contribution in [0.25, 0.3) is 11.0 Å². The first-order chi connectivity index (χ1) is 11.6. The number of carbonyl (C=O) groups excluding carboxylic acids is 2. The summed E-state index contributed by atoms with van der Waals surface area (Å²) in [5.41, 5.74) is -0.233. The Labute approximate surface area is 137 Å². The first-order valence-electron chi connectivity index (χ1n) is 7.43. The summed E-state index contributed by atoms with van der Waals surface area (Å²) in [6.45, 7) is 0. The van der Waals surface area contributed by atoms with Crippen molar-refractivity contribution in [2.75, 3.05) is 14.2 Å². The van der Waals surface area contributed by atoms with E-state index in [1.54, 1.807) is 24.3 Å². The highest BCUT2D eigenvalue weighted by molar-refractivity contribution is 5.98. The molecule has 0 aliphatic heterocycles. The van der Waals surface area contributed by atoms with Gasteiger partial charge in [0.05, 0.1) is 36.6 Å². The molecule has 5 rings (SSSR count). The molecule has 0 saturated carbocycles. The van der Waals surface area contributed by atoms with Gasteiger partial charge in [0.15, 0.2) is 0 Å². The number of rotatable bonds is 2. The SMILES string of the molecule is COC(=O)C12C=CC(C(=O)OC)(C=C1)c1nc3ccccc3nc12. The maximum Gasteiger partial charge on any atom is 0.325 e. The lowest BCUT2D eigenvalue weighted by Gasteiger charge is -2.40. The van der Waals surface area contributed by atoms with Gasteiger partial charge in [0.25, 0.3) is 0 Å². The first-order valence-corrected chi connectivity index (χ1v) is 7.43. The highest BCUT2D eigenvalue weighted by atomic mass is 16.5. The summed E-state index contributed by atoms with van der Waals surface area (Å²) in [5.74, 6) is -0.946. The van der Waals surface area contributed by atoms with Crippen molar-refractivity contribution in [2.45, 2.75) is 10.8 Å². The van der Waals surface area contributed by atoms with Gasteiger partial charge in [0.2, 0.25) is 0 Å². The zero-order valence-corrected chi connectivity index (χ0v) is 13.1. The Balaban J connectivity index is 2.09. The number of benzene rings is 1. The van der Waals surface area contributed by atoms with Crippen LogP contribution in [0, 0.1) is 0 Å². The van der Waals surface area contributed by atoms with Gasteiger partial charge in [-0.25, -0.2) is 9.97 Å². The van der Waals surface area contributed by atoms with Crippen LogP contribution >= 0.6 is 0 Å². The molecule has 1 aromatic carbocycles.